The first-order valence-electron chi connectivity index (χ1n) is 6.45. The normalized spacial score (nSPS) is 13.3. The molecular formula is C11H29NO4Si2. The van der Waals surface area contributed by atoms with Crippen LogP contribution in [0.4, 0.5) is 0 Å². The first kappa shape index (κ1) is 18.2. The molecular weight excluding hydrogens is 266 g/mol. The minimum Gasteiger partial charge on any atom is -0.398 e. The third-order valence-electron chi connectivity index (χ3n) is 3.18. The van der Waals surface area contributed by atoms with Crippen molar-refractivity contribution in [3.8, 4) is 0 Å². The lowest BCUT2D eigenvalue weighted by molar-refractivity contribution is 0.138. The second-order valence-electron chi connectivity index (χ2n) is 4.52. The lowest BCUT2D eigenvalue weighted by Gasteiger charge is -2.36. The van der Waals surface area contributed by atoms with Gasteiger partial charge in [-0.05, 0) is 40.5 Å². The molecule has 0 radical (unpaired) electrons. The summed E-state index contributed by atoms with van der Waals surface area (Å²) < 4.78 is 25.1. The molecule has 0 spiro atoms. The molecule has 0 aromatic heterocycles. The molecule has 0 saturated heterocycles. The van der Waals surface area contributed by atoms with E-state index in [-0.39, 0.29) is 0 Å². The van der Waals surface area contributed by atoms with Crippen molar-refractivity contribution < 1.29 is 17.7 Å². The lowest BCUT2D eigenvalue weighted by Crippen LogP contribution is -2.56. The Balaban J connectivity index is 4.76. The quantitative estimate of drug-likeness (QED) is 0.576. The van der Waals surface area contributed by atoms with Gasteiger partial charge < -0.3 is 17.7 Å². The molecule has 0 aliphatic heterocycles. The van der Waals surface area contributed by atoms with Crippen molar-refractivity contribution in [2.24, 2.45) is 0 Å². The molecule has 0 atom stereocenters. The Morgan fingerprint density at radius 2 is 1.33 bits per heavy atom. The molecule has 110 valence electrons. The highest BCUT2D eigenvalue weighted by Gasteiger charge is 2.44. The van der Waals surface area contributed by atoms with E-state index < -0.39 is 17.3 Å². The van der Waals surface area contributed by atoms with Gasteiger partial charge in [0.15, 0.2) is 0 Å². The Labute approximate surface area is 114 Å². The number of hydrogen-bond donors (Lipinski definition) is 0. The van der Waals surface area contributed by atoms with Crippen molar-refractivity contribution in [2.45, 2.75) is 32.5 Å². The predicted octanol–water partition coefficient (Wildman–Crippen LogP) is 1.92. The molecule has 0 heterocycles. The highest BCUT2D eigenvalue weighted by Crippen LogP contribution is 2.24. The van der Waals surface area contributed by atoms with Gasteiger partial charge in [-0.2, -0.15) is 0 Å². The van der Waals surface area contributed by atoms with Crippen LogP contribution in [0, 0.1) is 0 Å². The summed E-state index contributed by atoms with van der Waals surface area (Å²) in [7, 11) is 3.11. The third kappa shape index (κ3) is 5.08. The molecule has 0 N–H and O–H groups in total. The molecule has 18 heavy (non-hydrogen) atoms. The fraction of sp³-hybridized carbons (Fsp3) is 1.00. The Bertz CT molecular complexity index is 219. The van der Waals surface area contributed by atoms with Crippen molar-refractivity contribution in [3.63, 3.8) is 0 Å². The molecule has 0 aromatic rings. The molecule has 0 saturated carbocycles. The van der Waals surface area contributed by atoms with Gasteiger partial charge in [-0.25, -0.2) is 0 Å². The Morgan fingerprint density at radius 3 is 1.61 bits per heavy atom. The van der Waals surface area contributed by atoms with Crippen LogP contribution in [-0.2, 0) is 17.7 Å². The van der Waals surface area contributed by atoms with Crippen LogP contribution in [0.1, 0.15) is 13.8 Å². The molecule has 0 bridgehead atoms. The zero-order valence-corrected chi connectivity index (χ0v) is 14.9. The van der Waals surface area contributed by atoms with Gasteiger partial charge in [-0.3, -0.25) is 4.57 Å². The van der Waals surface area contributed by atoms with Crippen LogP contribution in [0.15, 0.2) is 0 Å². The zero-order valence-electron chi connectivity index (χ0n) is 12.9. The first-order chi connectivity index (χ1) is 8.39. The first-order valence-corrected chi connectivity index (χ1v) is 10.9. The van der Waals surface area contributed by atoms with E-state index >= 15 is 0 Å². The fourth-order valence-corrected chi connectivity index (χ4v) is 7.68. The zero-order chi connectivity index (χ0) is 14.2. The maximum atomic E-state index is 5.97. The molecule has 0 aliphatic carbocycles. The van der Waals surface area contributed by atoms with Crippen LogP contribution in [0.3, 0.4) is 0 Å². The minimum atomic E-state index is -2.31. The van der Waals surface area contributed by atoms with Crippen LogP contribution >= 0.6 is 0 Å². The largest absolute Gasteiger partial charge is 0.427 e. The Hall–Kier alpha value is 0.234. The van der Waals surface area contributed by atoms with Crippen LogP contribution < -0.4 is 0 Å². The van der Waals surface area contributed by atoms with Gasteiger partial charge in [0.2, 0.25) is 0 Å². The molecule has 7 heteroatoms. The number of rotatable bonds is 10. The van der Waals surface area contributed by atoms with Crippen LogP contribution in [0.5, 0.6) is 0 Å². The molecule has 0 rings (SSSR count). The summed E-state index contributed by atoms with van der Waals surface area (Å²) in [4.78, 5) is 0. The second-order valence-corrected chi connectivity index (χ2v) is 11.5. The maximum Gasteiger partial charge on any atom is 0.427 e. The van der Waals surface area contributed by atoms with Crippen LogP contribution in [0.25, 0.3) is 0 Å². The Morgan fingerprint density at radius 1 is 0.889 bits per heavy atom. The summed E-state index contributed by atoms with van der Waals surface area (Å²) in [6.45, 7) is 7.42. The van der Waals surface area contributed by atoms with E-state index in [0.29, 0.717) is 13.2 Å². The molecule has 0 amide bonds. The molecule has 0 aliphatic rings. The van der Waals surface area contributed by atoms with Crippen LogP contribution in [-0.4, -0.2) is 63.4 Å². The highest BCUT2D eigenvalue weighted by atomic mass is 28.4. The molecule has 0 unspecified atom stereocenters. The second kappa shape index (κ2) is 8.41. The highest BCUT2D eigenvalue weighted by molar-refractivity contribution is 6.70. The van der Waals surface area contributed by atoms with E-state index in [4.69, 9.17) is 17.7 Å². The van der Waals surface area contributed by atoms with Crippen molar-refractivity contribution in [1.82, 2.24) is 4.57 Å². The van der Waals surface area contributed by atoms with E-state index in [2.05, 4.69) is 11.1 Å². The lowest BCUT2D eigenvalue weighted by atomic mass is 10.9. The summed E-state index contributed by atoms with van der Waals surface area (Å²) in [5.41, 5.74) is 0. The van der Waals surface area contributed by atoms with Crippen molar-refractivity contribution in [2.75, 3.05) is 41.5 Å². The monoisotopic (exact) mass is 295 g/mol. The standard InChI is InChI=1S/C11H29NO4Si2/c1-8-15-18(12(3)4,16-9-2)11-10-17(7,13-5)14-6/h8-11H2,1-7H3. The average Bonchev–Trinajstić information content (AvgIpc) is 2.36. The van der Waals surface area contributed by atoms with Crippen molar-refractivity contribution >= 4 is 17.3 Å². The predicted molar refractivity (Wildman–Crippen MR) is 77.9 cm³/mol. The smallest absolute Gasteiger partial charge is 0.398 e. The van der Waals surface area contributed by atoms with E-state index in [1.165, 1.54) is 0 Å². The average molecular weight is 296 g/mol. The molecule has 0 aromatic carbocycles. The summed E-state index contributed by atoms with van der Waals surface area (Å²) in [5.74, 6) is 0. The van der Waals surface area contributed by atoms with E-state index in [9.17, 15) is 0 Å². The van der Waals surface area contributed by atoms with Gasteiger partial charge >= 0.3 is 17.3 Å². The minimum absolute atomic E-state index is 0.669. The van der Waals surface area contributed by atoms with Gasteiger partial charge in [0, 0.05) is 33.5 Å². The number of nitrogens with zero attached hydrogens (tertiary/aromatic N) is 1. The van der Waals surface area contributed by atoms with E-state index in [1.54, 1.807) is 14.2 Å². The summed E-state index contributed by atoms with van der Waals surface area (Å²) in [5, 5.41) is 0. The van der Waals surface area contributed by atoms with E-state index in [0.717, 1.165) is 12.1 Å². The topological polar surface area (TPSA) is 40.2 Å². The third-order valence-corrected chi connectivity index (χ3v) is 10.3. The summed E-state index contributed by atoms with van der Waals surface area (Å²) >= 11 is 0. The van der Waals surface area contributed by atoms with Crippen molar-refractivity contribution in [1.29, 1.82) is 0 Å². The Kier molecular flexibility index (Phi) is 8.52. The molecule has 5 nitrogen and oxygen atoms in total. The van der Waals surface area contributed by atoms with Gasteiger partial charge in [0.25, 0.3) is 0 Å². The fourth-order valence-electron chi connectivity index (χ4n) is 1.79. The van der Waals surface area contributed by atoms with Crippen LogP contribution in [0.2, 0.25) is 18.6 Å². The van der Waals surface area contributed by atoms with Gasteiger partial charge in [0.1, 0.15) is 0 Å². The SMILES string of the molecule is CCO[Si](CC[Si](C)(OC)OC)(OCC)N(C)C. The van der Waals surface area contributed by atoms with E-state index in [1.807, 2.05) is 27.9 Å². The summed E-state index contributed by atoms with van der Waals surface area (Å²) in [6, 6.07) is 1.75. The van der Waals surface area contributed by atoms with Gasteiger partial charge in [-0.15, -0.1) is 0 Å². The maximum absolute atomic E-state index is 5.97. The summed E-state index contributed by atoms with van der Waals surface area (Å²) in [6.07, 6.45) is 0. The van der Waals surface area contributed by atoms with Gasteiger partial charge in [0.05, 0.1) is 0 Å². The van der Waals surface area contributed by atoms with Crippen molar-refractivity contribution in [3.05, 3.63) is 0 Å². The van der Waals surface area contributed by atoms with Gasteiger partial charge in [-0.1, -0.05) is 0 Å². The number of hydrogen-bond acceptors (Lipinski definition) is 5. The molecule has 0 fully saturated rings.